The molecule has 0 fully saturated rings. The lowest BCUT2D eigenvalue weighted by Gasteiger charge is -2.22. The van der Waals surface area contributed by atoms with Crippen LogP contribution in [0.1, 0.15) is 18.1 Å². The normalized spacial score (nSPS) is 14.4. The molecule has 2 aromatic rings. The van der Waals surface area contributed by atoms with Crippen molar-refractivity contribution in [3.63, 3.8) is 0 Å². The molecule has 0 radical (unpaired) electrons. The van der Waals surface area contributed by atoms with Crippen LogP contribution in [0.5, 0.6) is 0 Å². The number of anilines is 1. The lowest BCUT2D eigenvalue weighted by Crippen LogP contribution is -2.40. The van der Waals surface area contributed by atoms with E-state index in [-0.39, 0.29) is 0 Å². The second kappa shape index (κ2) is 5.82. The molecule has 1 aromatic heterocycles. The Morgan fingerprint density at radius 2 is 2.25 bits per heavy atom. The number of rotatable bonds is 3. The van der Waals surface area contributed by atoms with Gasteiger partial charge in [-0.3, -0.25) is 0 Å². The maximum atomic E-state index is 5.09. The molecule has 104 valence electrons. The van der Waals surface area contributed by atoms with Crippen molar-refractivity contribution in [2.75, 3.05) is 18.0 Å². The first kappa shape index (κ1) is 12.8. The van der Waals surface area contributed by atoms with E-state index in [9.17, 15) is 0 Å². The third kappa shape index (κ3) is 2.54. The summed E-state index contributed by atoms with van der Waals surface area (Å²) < 4.78 is 5.09. The van der Waals surface area contributed by atoms with E-state index in [1.54, 1.807) is 12.5 Å². The van der Waals surface area contributed by atoms with E-state index in [0.717, 1.165) is 31.0 Å². The largest absolute Gasteiger partial charge is 0.472 e. The molecule has 0 bridgehead atoms. The van der Waals surface area contributed by atoms with Gasteiger partial charge < -0.3 is 14.6 Å². The van der Waals surface area contributed by atoms with Crippen LogP contribution in [-0.2, 0) is 13.0 Å². The zero-order valence-corrected chi connectivity index (χ0v) is 11.7. The quantitative estimate of drug-likeness (QED) is 0.688. The first-order valence-electron chi connectivity index (χ1n) is 7.03. The van der Waals surface area contributed by atoms with Crippen molar-refractivity contribution < 1.29 is 4.42 Å². The minimum Gasteiger partial charge on any atom is -0.472 e. The van der Waals surface area contributed by atoms with Gasteiger partial charge in [0.1, 0.15) is 0 Å². The molecule has 0 saturated heterocycles. The molecule has 0 unspecified atom stereocenters. The van der Waals surface area contributed by atoms with Gasteiger partial charge in [0.25, 0.3) is 0 Å². The Morgan fingerprint density at radius 1 is 1.35 bits per heavy atom. The van der Waals surface area contributed by atoms with Gasteiger partial charge in [-0.1, -0.05) is 18.2 Å². The molecular formula is C16H19N3O. The molecule has 0 spiro atoms. The molecule has 2 heterocycles. The Labute approximate surface area is 119 Å². The van der Waals surface area contributed by atoms with Gasteiger partial charge in [0, 0.05) is 24.3 Å². The number of aliphatic imine (C=N–C) groups is 1. The average molecular weight is 269 g/mol. The summed E-state index contributed by atoms with van der Waals surface area (Å²) in [7, 11) is 0. The number of fused-ring (bicyclic) bond motifs is 1. The lowest BCUT2D eigenvalue weighted by molar-refractivity contribution is 0.564. The maximum absolute atomic E-state index is 5.09. The molecule has 3 rings (SSSR count). The summed E-state index contributed by atoms with van der Waals surface area (Å²) in [5.41, 5.74) is 3.74. The third-order valence-corrected chi connectivity index (χ3v) is 3.47. The first-order chi connectivity index (χ1) is 9.88. The minimum absolute atomic E-state index is 0.636. The van der Waals surface area contributed by atoms with Crippen LogP contribution in [0.15, 0.2) is 52.3 Å². The summed E-state index contributed by atoms with van der Waals surface area (Å²) in [6, 6.07) is 10.5. The van der Waals surface area contributed by atoms with E-state index in [4.69, 9.17) is 9.41 Å². The summed E-state index contributed by atoms with van der Waals surface area (Å²) in [6.45, 7) is 4.58. The van der Waals surface area contributed by atoms with E-state index in [1.165, 1.54) is 11.3 Å². The number of guanidine groups is 1. The highest BCUT2D eigenvalue weighted by Crippen LogP contribution is 2.27. The SMILES string of the molecule is CCNC(=NCc1ccoc1)N1CCc2ccccc21. The van der Waals surface area contributed by atoms with E-state index < -0.39 is 0 Å². The molecule has 0 amide bonds. The third-order valence-electron chi connectivity index (χ3n) is 3.47. The lowest BCUT2D eigenvalue weighted by atomic mass is 10.2. The molecule has 4 nitrogen and oxygen atoms in total. The molecule has 1 N–H and O–H groups in total. The molecular weight excluding hydrogens is 250 g/mol. The predicted octanol–water partition coefficient (Wildman–Crippen LogP) is 2.81. The number of nitrogens with zero attached hydrogens (tertiary/aromatic N) is 2. The van der Waals surface area contributed by atoms with Crippen molar-refractivity contribution in [3.8, 4) is 0 Å². The van der Waals surface area contributed by atoms with Crippen LogP contribution in [0, 0.1) is 0 Å². The van der Waals surface area contributed by atoms with Crippen LogP contribution >= 0.6 is 0 Å². The fourth-order valence-corrected chi connectivity index (χ4v) is 2.50. The Morgan fingerprint density at radius 3 is 3.05 bits per heavy atom. The van der Waals surface area contributed by atoms with Gasteiger partial charge in [-0.05, 0) is 31.0 Å². The first-order valence-corrected chi connectivity index (χ1v) is 7.03. The Hall–Kier alpha value is -2.23. The summed E-state index contributed by atoms with van der Waals surface area (Å²) in [5.74, 6) is 0.943. The van der Waals surface area contributed by atoms with Crippen molar-refractivity contribution in [3.05, 3.63) is 54.0 Å². The molecule has 1 aliphatic rings. The second-order valence-electron chi connectivity index (χ2n) is 4.83. The summed E-state index contributed by atoms with van der Waals surface area (Å²) in [6.07, 6.45) is 4.50. The highest BCUT2D eigenvalue weighted by molar-refractivity contribution is 5.97. The number of para-hydroxylation sites is 1. The van der Waals surface area contributed by atoms with Crippen molar-refractivity contribution in [2.24, 2.45) is 4.99 Å². The van der Waals surface area contributed by atoms with E-state index in [2.05, 4.69) is 41.4 Å². The maximum Gasteiger partial charge on any atom is 0.198 e. The number of hydrogen-bond donors (Lipinski definition) is 1. The van der Waals surface area contributed by atoms with Crippen molar-refractivity contribution >= 4 is 11.6 Å². The molecule has 4 heteroatoms. The minimum atomic E-state index is 0.636. The van der Waals surface area contributed by atoms with E-state index in [1.807, 2.05) is 6.07 Å². The van der Waals surface area contributed by atoms with Crippen LogP contribution in [-0.4, -0.2) is 19.0 Å². The highest BCUT2D eigenvalue weighted by atomic mass is 16.3. The van der Waals surface area contributed by atoms with Crippen LogP contribution in [0.4, 0.5) is 5.69 Å². The van der Waals surface area contributed by atoms with Crippen molar-refractivity contribution in [2.45, 2.75) is 19.9 Å². The summed E-state index contributed by atoms with van der Waals surface area (Å²) in [5, 5.41) is 3.37. The Bertz CT molecular complexity index is 590. The summed E-state index contributed by atoms with van der Waals surface area (Å²) >= 11 is 0. The topological polar surface area (TPSA) is 40.8 Å². The van der Waals surface area contributed by atoms with Crippen molar-refractivity contribution in [1.29, 1.82) is 0 Å². The van der Waals surface area contributed by atoms with Gasteiger partial charge in [-0.2, -0.15) is 0 Å². The molecule has 0 aliphatic carbocycles. The molecule has 0 atom stereocenters. The highest BCUT2D eigenvalue weighted by Gasteiger charge is 2.22. The summed E-state index contributed by atoms with van der Waals surface area (Å²) in [4.78, 5) is 6.97. The van der Waals surface area contributed by atoms with Crippen LogP contribution in [0.2, 0.25) is 0 Å². The van der Waals surface area contributed by atoms with Crippen LogP contribution < -0.4 is 10.2 Å². The average Bonchev–Trinajstić information content (AvgIpc) is 3.13. The number of nitrogens with one attached hydrogen (secondary N) is 1. The number of hydrogen-bond acceptors (Lipinski definition) is 2. The van der Waals surface area contributed by atoms with Crippen molar-refractivity contribution in [1.82, 2.24) is 5.32 Å². The Kier molecular flexibility index (Phi) is 3.72. The molecule has 1 aliphatic heterocycles. The van der Waals surface area contributed by atoms with Crippen LogP contribution in [0.3, 0.4) is 0 Å². The predicted molar refractivity (Wildman–Crippen MR) is 81.0 cm³/mol. The van der Waals surface area contributed by atoms with Gasteiger partial charge in [-0.15, -0.1) is 0 Å². The zero-order chi connectivity index (χ0) is 13.8. The van der Waals surface area contributed by atoms with Gasteiger partial charge >= 0.3 is 0 Å². The molecule has 20 heavy (non-hydrogen) atoms. The van der Waals surface area contributed by atoms with Gasteiger partial charge in [0.2, 0.25) is 0 Å². The fraction of sp³-hybridized carbons (Fsp3) is 0.312. The van der Waals surface area contributed by atoms with Gasteiger partial charge in [-0.25, -0.2) is 4.99 Å². The van der Waals surface area contributed by atoms with E-state index in [0.29, 0.717) is 6.54 Å². The zero-order valence-electron chi connectivity index (χ0n) is 11.7. The fourth-order valence-electron chi connectivity index (χ4n) is 2.50. The standard InChI is InChI=1S/C16H19N3O/c1-2-17-16(18-11-13-8-10-20-12-13)19-9-7-14-5-3-4-6-15(14)19/h3-6,8,10,12H,2,7,9,11H2,1H3,(H,17,18). The van der Waals surface area contributed by atoms with E-state index >= 15 is 0 Å². The number of furan rings is 1. The molecule has 1 aromatic carbocycles. The van der Waals surface area contributed by atoms with Gasteiger partial charge in [0.05, 0.1) is 19.1 Å². The number of benzene rings is 1. The monoisotopic (exact) mass is 269 g/mol. The molecule has 0 saturated carbocycles. The van der Waals surface area contributed by atoms with Gasteiger partial charge in [0.15, 0.2) is 5.96 Å². The Balaban J connectivity index is 1.82. The van der Waals surface area contributed by atoms with Crippen LogP contribution in [0.25, 0.3) is 0 Å². The smallest absolute Gasteiger partial charge is 0.198 e. The second-order valence-corrected chi connectivity index (χ2v) is 4.83.